The van der Waals surface area contributed by atoms with E-state index >= 15 is 0 Å². The number of Topliss-reactive ketones (excluding diaryl/α,β-unsaturated/α-hetero) is 1. The lowest BCUT2D eigenvalue weighted by atomic mass is 9.45. The summed E-state index contributed by atoms with van der Waals surface area (Å²) < 4.78 is 6.48. The minimum atomic E-state index is -1.69. The fourth-order valence-corrected chi connectivity index (χ4v) is 8.71. The molecule has 4 aliphatic carbocycles. The van der Waals surface area contributed by atoms with Gasteiger partial charge in [-0.05, 0) is 87.3 Å². The van der Waals surface area contributed by atoms with Crippen LogP contribution in [0, 0.1) is 34.5 Å². The van der Waals surface area contributed by atoms with Gasteiger partial charge in [-0.25, -0.2) is 0 Å². The van der Waals surface area contributed by atoms with Crippen molar-refractivity contribution in [1.82, 2.24) is 0 Å². The standard InChI is InChI=1S/C22H38O2Si/c1-21-12-7-6-8-15(21)9-10-16-17(21)11-13-22(2)18(16)14-19(23)20(22)24-25(3,4)5/h15-18,20H,6-14H2,1-5H3/t15-,16-,17+,18+,20+,21+,22+/m1/s1. The molecule has 0 spiro atoms. The summed E-state index contributed by atoms with van der Waals surface area (Å²) in [7, 11) is -1.69. The zero-order chi connectivity index (χ0) is 18.0. The minimum absolute atomic E-state index is 0.108. The normalized spacial score (nSPS) is 50.1. The highest BCUT2D eigenvalue weighted by Gasteiger charge is 2.62. The van der Waals surface area contributed by atoms with E-state index in [4.69, 9.17) is 4.43 Å². The lowest BCUT2D eigenvalue weighted by Crippen LogP contribution is -2.54. The zero-order valence-corrected chi connectivity index (χ0v) is 18.1. The van der Waals surface area contributed by atoms with E-state index in [1.807, 2.05) is 0 Å². The summed E-state index contributed by atoms with van der Waals surface area (Å²) in [6.07, 6.45) is 11.8. The number of hydrogen-bond donors (Lipinski definition) is 0. The van der Waals surface area contributed by atoms with E-state index in [1.54, 1.807) is 0 Å². The third-order valence-corrected chi connectivity index (χ3v) is 9.75. The summed E-state index contributed by atoms with van der Waals surface area (Å²) in [5.41, 5.74) is 0.666. The molecular weight excluding hydrogens is 324 g/mol. The molecule has 7 atom stereocenters. The highest BCUT2D eigenvalue weighted by Crippen LogP contribution is 2.66. The van der Waals surface area contributed by atoms with Gasteiger partial charge in [-0.3, -0.25) is 4.79 Å². The van der Waals surface area contributed by atoms with Crippen molar-refractivity contribution in [3.63, 3.8) is 0 Å². The highest BCUT2D eigenvalue weighted by molar-refractivity contribution is 6.69. The van der Waals surface area contributed by atoms with Crippen LogP contribution in [0.3, 0.4) is 0 Å². The Morgan fingerprint density at radius 3 is 2.40 bits per heavy atom. The van der Waals surface area contributed by atoms with E-state index in [-0.39, 0.29) is 11.5 Å². The third kappa shape index (κ3) is 2.79. The van der Waals surface area contributed by atoms with E-state index in [0.717, 1.165) is 24.2 Å². The first-order chi connectivity index (χ1) is 11.7. The molecule has 0 unspecified atom stereocenters. The highest BCUT2D eigenvalue weighted by atomic mass is 28.4. The van der Waals surface area contributed by atoms with Crippen LogP contribution in [0.5, 0.6) is 0 Å². The molecule has 0 aromatic heterocycles. The zero-order valence-electron chi connectivity index (χ0n) is 17.1. The number of ketones is 1. The van der Waals surface area contributed by atoms with Crippen LogP contribution >= 0.6 is 0 Å². The first kappa shape index (κ1) is 18.2. The van der Waals surface area contributed by atoms with E-state index in [0.29, 0.717) is 17.1 Å². The summed E-state index contributed by atoms with van der Waals surface area (Å²) in [5, 5.41) is 0. The van der Waals surface area contributed by atoms with Crippen LogP contribution < -0.4 is 0 Å². The summed E-state index contributed by atoms with van der Waals surface area (Å²) >= 11 is 0. The average molecular weight is 363 g/mol. The maximum atomic E-state index is 13.0. The second kappa shape index (κ2) is 5.92. The van der Waals surface area contributed by atoms with Gasteiger partial charge in [-0.15, -0.1) is 0 Å². The molecule has 4 rings (SSSR count). The van der Waals surface area contributed by atoms with Crippen LogP contribution in [0.2, 0.25) is 19.6 Å². The molecule has 0 amide bonds. The number of hydrogen-bond acceptors (Lipinski definition) is 2. The van der Waals surface area contributed by atoms with Crippen LogP contribution in [0.25, 0.3) is 0 Å². The topological polar surface area (TPSA) is 26.3 Å². The van der Waals surface area contributed by atoms with Gasteiger partial charge in [-0.1, -0.05) is 26.7 Å². The Labute approximate surface area is 155 Å². The molecule has 2 nitrogen and oxygen atoms in total. The Morgan fingerprint density at radius 1 is 0.920 bits per heavy atom. The number of rotatable bonds is 2. The number of fused-ring (bicyclic) bond motifs is 5. The molecule has 4 fully saturated rings. The Morgan fingerprint density at radius 2 is 1.68 bits per heavy atom. The van der Waals surface area contributed by atoms with Crippen molar-refractivity contribution in [3.05, 3.63) is 0 Å². The van der Waals surface area contributed by atoms with Gasteiger partial charge >= 0.3 is 0 Å². The molecule has 0 aromatic carbocycles. The molecule has 0 aliphatic heterocycles. The fourth-order valence-electron chi connectivity index (χ4n) is 7.60. The lowest BCUT2D eigenvalue weighted by Gasteiger charge is -2.60. The predicted octanol–water partition coefficient (Wildman–Crippen LogP) is 5.82. The minimum Gasteiger partial charge on any atom is -0.407 e. The van der Waals surface area contributed by atoms with Crippen molar-refractivity contribution in [3.8, 4) is 0 Å². The largest absolute Gasteiger partial charge is 0.407 e. The summed E-state index contributed by atoms with van der Waals surface area (Å²) in [6.45, 7) is 11.7. The SMILES string of the molecule is C[C@]12CCCC[C@@H]1CC[C@@H]1[C@@H]2CC[C@]2(C)[C@@H](O[Si](C)(C)C)C(=O)C[C@@H]12. The van der Waals surface area contributed by atoms with Gasteiger partial charge in [0.25, 0.3) is 0 Å². The Kier molecular flexibility index (Phi) is 4.32. The monoisotopic (exact) mass is 362 g/mol. The molecular formula is C22H38O2Si. The van der Waals surface area contributed by atoms with Gasteiger partial charge in [0.2, 0.25) is 0 Å². The van der Waals surface area contributed by atoms with Crippen LogP contribution in [0.4, 0.5) is 0 Å². The molecule has 4 aliphatic rings. The maximum absolute atomic E-state index is 13.0. The molecule has 0 aromatic rings. The van der Waals surface area contributed by atoms with Crippen LogP contribution in [0.1, 0.15) is 71.6 Å². The first-order valence-corrected chi connectivity index (χ1v) is 14.3. The predicted molar refractivity (Wildman–Crippen MR) is 105 cm³/mol. The summed E-state index contributed by atoms with van der Waals surface area (Å²) in [6, 6.07) is 0. The van der Waals surface area contributed by atoms with Crippen molar-refractivity contribution in [2.45, 2.75) is 97.4 Å². The van der Waals surface area contributed by atoms with Gasteiger partial charge in [-0.2, -0.15) is 0 Å². The molecule has 0 heterocycles. The second-order valence-electron chi connectivity index (χ2n) is 11.2. The van der Waals surface area contributed by atoms with E-state index in [9.17, 15) is 4.79 Å². The smallest absolute Gasteiger partial charge is 0.184 e. The van der Waals surface area contributed by atoms with Gasteiger partial charge in [0.1, 0.15) is 6.10 Å². The maximum Gasteiger partial charge on any atom is 0.184 e. The van der Waals surface area contributed by atoms with Crippen molar-refractivity contribution < 1.29 is 9.22 Å². The van der Waals surface area contributed by atoms with E-state index in [1.165, 1.54) is 51.4 Å². The van der Waals surface area contributed by atoms with Crippen molar-refractivity contribution in [1.29, 1.82) is 0 Å². The number of carbonyl (C=O) groups is 1. The molecule has 0 N–H and O–H groups in total. The molecule has 4 saturated carbocycles. The van der Waals surface area contributed by atoms with Crippen molar-refractivity contribution >= 4 is 14.1 Å². The second-order valence-corrected chi connectivity index (χ2v) is 15.7. The average Bonchev–Trinajstić information content (AvgIpc) is 2.77. The van der Waals surface area contributed by atoms with E-state index in [2.05, 4.69) is 33.5 Å². The van der Waals surface area contributed by atoms with Crippen LogP contribution in [0.15, 0.2) is 0 Å². The van der Waals surface area contributed by atoms with Gasteiger partial charge < -0.3 is 4.43 Å². The van der Waals surface area contributed by atoms with E-state index < -0.39 is 8.32 Å². The van der Waals surface area contributed by atoms with Crippen LogP contribution in [-0.2, 0) is 9.22 Å². The quantitative estimate of drug-likeness (QED) is 0.579. The summed E-state index contributed by atoms with van der Waals surface area (Å²) in [4.78, 5) is 13.0. The number of carbonyl (C=O) groups excluding carboxylic acids is 1. The Bertz CT molecular complexity index is 553. The molecule has 0 saturated heterocycles. The molecule has 0 radical (unpaired) electrons. The Balaban J connectivity index is 1.62. The molecule has 142 valence electrons. The molecule has 3 heteroatoms. The third-order valence-electron chi connectivity index (χ3n) is 8.80. The van der Waals surface area contributed by atoms with Crippen molar-refractivity contribution in [2.75, 3.05) is 0 Å². The van der Waals surface area contributed by atoms with Crippen molar-refractivity contribution in [2.24, 2.45) is 34.5 Å². The lowest BCUT2D eigenvalue weighted by molar-refractivity contribution is -0.130. The van der Waals surface area contributed by atoms with Crippen LogP contribution in [-0.4, -0.2) is 20.2 Å². The fraction of sp³-hybridized carbons (Fsp3) is 0.955. The summed E-state index contributed by atoms with van der Waals surface area (Å²) in [5.74, 6) is 3.60. The molecule has 25 heavy (non-hydrogen) atoms. The molecule has 0 bridgehead atoms. The Hall–Kier alpha value is -0.153. The van der Waals surface area contributed by atoms with Gasteiger partial charge in [0, 0.05) is 11.8 Å². The van der Waals surface area contributed by atoms with Gasteiger partial charge in [0.05, 0.1) is 0 Å². The first-order valence-electron chi connectivity index (χ1n) is 10.9. The van der Waals surface area contributed by atoms with Gasteiger partial charge in [0.15, 0.2) is 14.1 Å².